The number of imide groups is 1. The van der Waals surface area contributed by atoms with Crippen LogP contribution in [0.1, 0.15) is 84.0 Å². The SMILES string of the molecule is C=C(C)C(=O)OC.N.O=C=NCCCCCCNC(=O)N(CCCCCCN=C=O)C(=O)NCCCCCCN=C=O.OCCS. The molecule has 46 heavy (non-hydrogen) atoms. The standard InChI is InChI=1S/C23H38N6O5.C5H8O2.C2H6OS.H3N/c30-19-24-13-7-1-3-10-16-27-22(33)29(18-12-6-5-9-15-26-21-32)23(34)28-17-11-4-2-8-14-25-20-31;1-4(2)5(6)7-3;3-1-2-4;/h1-18H2,(H,27,33)(H,28,34);1H2,2-3H3;3-4H,1-2H2;1H3. The summed E-state index contributed by atoms with van der Waals surface area (Å²) in [5.74, 6) is 0.222. The fourth-order valence-electron chi connectivity index (χ4n) is 3.34. The predicted octanol–water partition coefficient (Wildman–Crippen LogP) is 4.20. The van der Waals surface area contributed by atoms with Crippen molar-refractivity contribution < 1.29 is 38.6 Å². The van der Waals surface area contributed by atoms with Crippen molar-refractivity contribution in [3.63, 3.8) is 0 Å². The molecule has 0 aliphatic carbocycles. The summed E-state index contributed by atoms with van der Waals surface area (Å²) in [6.07, 6.45) is 14.4. The molecule has 0 spiro atoms. The van der Waals surface area contributed by atoms with Gasteiger partial charge in [-0.1, -0.05) is 45.1 Å². The van der Waals surface area contributed by atoms with E-state index in [0.717, 1.165) is 70.6 Å². The van der Waals surface area contributed by atoms with E-state index < -0.39 is 12.1 Å². The number of nitrogens with zero attached hydrogens (tertiary/aromatic N) is 4. The number of rotatable bonds is 23. The number of aliphatic hydroxyl groups excluding tert-OH is 1. The van der Waals surface area contributed by atoms with Crippen molar-refractivity contribution in [1.82, 2.24) is 21.7 Å². The molecule has 0 aliphatic heterocycles. The van der Waals surface area contributed by atoms with Crippen LogP contribution in [0.5, 0.6) is 0 Å². The summed E-state index contributed by atoms with van der Waals surface area (Å²) in [5, 5.41) is 13.4. The van der Waals surface area contributed by atoms with Crippen molar-refractivity contribution in [3.8, 4) is 0 Å². The minimum atomic E-state index is -0.416. The summed E-state index contributed by atoms with van der Waals surface area (Å²) in [6, 6.07) is -0.833. The van der Waals surface area contributed by atoms with E-state index in [1.54, 1.807) is 6.92 Å². The Kier molecular flexibility index (Phi) is 44.3. The van der Waals surface area contributed by atoms with Crippen molar-refractivity contribution in [3.05, 3.63) is 12.2 Å². The van der Waals surface area contributed by atoms with Crippen LogP contribution in [0.25, 0.3) is 0 Å². The Morgan fingerprint density at radius 3 is 1.37 bits per heavy atom. The highest BCUT2D eigenvalue weighted by atomic mass is 32.1. The average Bonchev–Trinajstić information content (AvgIpc) is 3.04. The number of esters is 1. The molecule has 0 fully saturated rings. The van der Waals surface area contributed by atoms with Gasteiger partial charge in [-0.25, -0.2) is 48.6 Å². The van der Waals surface area contributed by atoms with E-state index >= 15 is 0 Å². The molecular weight excluding hydrogens is 618 g/mol. The first-order valence-corrected chi connectivity index (χ1v) is 15.8. The number of hydrogen-bond donors (Lipinski definition) is 5. The van der Waals surface area contributed by atoms with Crippen molar-refractivity contribution in [2.24, 2.45) is 15.0 Å². The molecule has 0 saturated carbocycles. The Balaban J connectivity index is -0.000000625. The molecule has 264 valence electrons. The molecule has 0 aromatic heterocycles. The van der Waals surface area contributed by atoms with Gasteiger partial charge in [-0.2, -0.15) is 12.6 Å². The molecule has 0 radical (unpaired) electrons. The molecule has 0 heterocycles. The number of carbonyl (C=O) groups is 3. The van der Waals surface area contributed by atoms with Crippen LogP contribution in [-0.4, -0.2) is 105 Å². The number of ether oxygens (including phenoxy) is 1. The molecular formula is C30H55N7O8S. The predicted molar refractivity (Wildman–Crippen MR) is 181 cm³/mol. The Labute approximate surface area is 278 Å². The lowest BCUT2D eigenvalue weighted by Gasteiger charge is -2.22. The number of aliphatic hydroxyl groups is 1. The number of thiol groups is 1. The topological polar surface area (TPSA) is 231 Å². The molecule has 0 unspecified atom stereocenters. The van der Waals surface area contributed by atoms with Gasteiger partial charge in [0, 0.05) is 31.0 Å². The Morgan fingerprint density at radius 2 is 1.09 bits per heavy atom. The number of aliphatic imine (C=N–C) groups is 3. The second kappa shape index (κ2) is 41.4. The van der Waals surface area contributed by atoms with Crippen molar-refractivity contribution >= 4 is 48.9 Å². The third-order valence-corrected chi connectivity index (χ3v) is 5.87. The molecule has 16 heteroatoms. The monoisotopic (exact) mass is 673 g/mol. The number of urea groups is 2. The molecule has 0 bridgehead atoms. The van der Waals surface area contributed by atoms with E-state index in [1.807, 2.05) is 0 Å². The number of hydrogen-bond acceptors (Lipinski definition) is 13. The zero-order valence-corrected chi connectivity index (χ0v) is 28.5. The first kappa shape index (κ1) is 49.2. The smallest absolute Gasteiger partial charge is 0.332 e. The van der Waals surface area contributed by atoms with Gasteiger partial charge in [0.15, 0.2) is 0 Å². The highest BCUT2D eigenvalue weighted by Gasteiger charge is 2.20. The van der Waals surface area contributed by atoms with Crippen LogP contribution >= 0.6 is 12.6 Å². The fourth-order valence-corrected chi connectivity index (χ4v) is 3.34. The van der Waals surface area contributed by atoms with Gasteiger partial charge >= 0.3 is 18.0 Å². The highest BCUT2D eigenvalue weighted by Crippen LogP contribution is 2.05. The van der Waals surface area contributed by atoms with Crippen LogP contribution in [0.4, 0.5) is 9.59 Å². The maximum absolute atomic E-state index is 12.6. The van der Waals surface area contributed by atoms with Gasteiger partial charge in [0.2, 0.25) is 18.2 Å². The van der Waals surface area contributed by atoms with Gasteiger partial charge in [0.1, 0.15) is 0 Å². The fraction of sp³-hybridized carbons (Fsp3) is 0.733. The van der Waals surface area contributed by atoms with Crippen molar-refractivity contribution in [2.75, 3.05) is 58.7 Å². The third-order valence-electron chi connectivity index (χ3n) is 5.67. The van der Waals surface area contributed by atoms with Crippen LogP contribution in [0.15, 0.2) is 27.1 Å². The Hall–Kier alpha value is -3.64. The summed E-state index contributed by atoms with van der Waals surface area (Å²) in [4.78, 5) is 77.2. The summed E-state index contributed by atoms with van der Waals surface area (Å²) >= 11 is 3.67. The summed E-state index contributed by atoms with van der Waals surface area (Å²) in [7, 11) is 1.33. The van der Waals surface area contributed by atoms with E-state index in [4.69, 9.17) is 5.11 Å². The minimum absolute atomic E-state index is 0. The third kappa shape index (κ3) is 38.4. The van der Waals surface area contributed by atoms with Crippen LogP contribution in [0.2, 0.25) is 0 Å². The van der Waals surface area contributed by atoms with Gasteiger partial charge < -0.3 is 26.6 Å². The van der Waals surface area contributed by atoms with Crippen molar-refractivity contribution in [2.45, 2.75) is 84.0 Å². The normalized spacial score (nSPS) is 9.04. The lowest BCUT2D eigenvalue weighted by atomic mass is 10.2. The molecule has 0 aromatic rings. The van der Waals surface area contributed by atoms with Crippen molar-refractivity contribution in [1.29, 1.82) is 0 Å². The van der Waals surface area contributed by atoms with E-state index in [0.29, 0.717) is 57.0 Å². The number of unbranched alkanes of at least 4 members (excludes halogenated alkanes) is 9. The number of nitrogens with one attached hydrogen (secondary N) is 2. The molecule has 4 amide bonds. The Morgan fingerprint density at radius 1 is 0.739 bits per heavy atom. The second-order valence-electron chi connectivity index (χ2n) is 9.50. The molecule has 0 aliphatic rings. The Bertz CT molecular complexity index is 890. The lowest BCUT2D eigenvalue weighted by Crippen LogP contribution is -2.49. The largest absolute Gasteiger partial charge is 0.466 e. The summed E-state index contributed by atoms with van der Waals surface area (Å²) in [6.45, 7) is 7.76. The maximum Gasteiger partial charge on any atom is 0.332 e. The number of isocyanates is 3. The first-order valence-electron chi connectivity index (χ1n) is 15.2. The van der Waals surface area contributed by atoms with Crippen LogP contribution in [-0.2, 0) is 23.9 Å². The number of amides is 4. The van der Waals surface area contributed by atoms with Gasteiger partial charge in [-0.15, -0.1) is 0 Å². The van der Waals surface area contributed by atoms with Crippen LogP contribution in [0.3, 0.4) is 0 Å². The summed E-state index contributed by atoms with van der Waals surface area (Å²) < 4.78 is 4.27. The first-order chi connectivity index (χ1) is 21.8. The lowest BCUT2D eigenvalue weighted by molar-refractivity contribution is -0.136. The molecule has 0 rings (SSSR count). The van der Waals surface area contributed by atoms with E-state index in [1.165, 1.54) is 30.2 Å². The van der Waals surface area contributed by atoms with Crippen LogP contribution in [0, 0.1) is 0 Å². The van der Waals surface area contributed by atoms with E-state index in [2.05, 4.69) is 49.6 Å². The highest BCUT2D eigenvalue weighted by molar-refractivity contribution is 7.80. The zero-order valence-electron chi connectivity index (χ0n) is 27.6. The summed E-state index contributed by atoms with van der Waals surface area (Å²) in [5.41, 5.74) is 0.433. The van der Waals surface area contributed by atoms with Crippen LogP contribution < -0.4 is 16.8 Å². The quantitative estimate of drug-likeness (QED) is 0.0261. The van der Waals surface area contributed by atoms with Gasteiger partial charge in [0.05, 0.1) is 33.4 Å². The molecule has 0 aromatic carbocycles. The number of methoxy groups -OCH3 is 1. The molecule has 0 atom stereocenters. The van der Waals surface area contributed by atoms with Gasteiger partial charge in [-0.3, -0.25) is 0 Å². The number of carbonyl (C=O) groups excluding carboxylic acids is 6. The second-order valence-corrected chi connectivity index (χ2v) is 9.94. The molecule has 15 nitrogen and oxygen atoms in total. The molecule has 0 saturated heterocycles. The van der Waals surface area contributed by atoms with Gasteiger partial charge in [0.25, 0.3) is 0 Å². The minimum Gasteiger partial charge on any atom is -0.466 e. The van der Waals surface area contributed by atoms with Gasteiger partial charge in [-0.05, 0) is 45.4 Å². The van der Waals surface area contributed by atoms with E-state index in [9.17, 15) is 28.8 Å². The maximum atomic E-state index is 12.6. The average molecular weight is 674 g/mol. The zero-order chi connectivity index (χ0) is 34.4. The molecule has 6 N–H and O–H groups in total. The van der Waals surface area contributed by atoms with E-state index in [-0.39, 0.29) is 18.7 Å².